The Labute approximate surface area is 116 Å². The van der Waals surface area contributed by atoms with Crippen LogP contribution >= 0.6 is 0 Å². The number of alkyl halides is 3. The van der Waals surface area contributed by atoms with E-state index in [2.05, 4.69) is 4.74 Å². The number of hydrogen-bond donors (Lipinski definition) is 0. The second-order valence-corrected chi connectivity index (χ2v) is 3.88. The number of halogens is 3. The Hall–Kier alpha value is -2.63. The molecule has 0 aromatic heterocycles. The van der Waals surface area contributed by atoms with E-state index in [4.69, 9.17) is 5.26 Å². The molecule has 0 N–H and O–H groups in total. The smallest absolute Gasteiger partial charge is 0.423 e. The van der Waals surface area contributed by atoms with Gasteiger partial charge in [0, 0.05) is 6.07 Å². The van der Waals surface area contributed by atoms with Crippen molar-refractivity contribution in [2.75, 3.05) is 6.61 Å². The lowest BCUT2D eigenvalue weighted by Gasteiger charge is -2.13. The largest absolute Gasteiger partial charge is 0.466 e. The van der Waals surface area contributed by atoms with E-state index in [1.807, 2.05) is 0 Å². The van der Waals surface area contributed by atoms with Crippen molar-refractivity contribution in [3.05, 3.63) is 38.9 Å². The highest BCUT2D eigenvalue weighted by Crippen LogP contribution is 2.39. The third-order valence-electron chi connectivity index (χ3n) is 2.45. The number of hydrogen-bond acceptors (Lipinski definition) is 5. The van der Waals surface area contributed by atoms with Gasteiger partial charge in [-0.25, -0.2) is 0 Å². The predicted molar refractivity (Wildman–Crippen MR) is 63.2 cm³/mol. The molecule has 9 heteroatoms. The predicted octanol–water partition coefficient (Wildman–Crippen LogP) is 2.59. The minimum atomic E-state index is -5.03. The van der Waals surface area contributed by atoms with E-state index in [-0.39, 0.29) is 12.2 Å². The number of nitrogens with zero attached hydrogens (tertiary/aromatic N) is 2. The first-order valence-corrected chi connectivity index (χ1v) is 5.65. The molecule has 0 amide bonds. The zero-order valence-electron chi connectivity index (χ0n) is 10.7. The Morgan fingerprint density at radius 2 is 2.10 bits per heavy atom. The summed E-state index contributed by atoms with van der Waals surface area (Å²) in [5, 5.41) is 19.5. The molecule has 21 heavy (non-hydrogen) atoms. The second kappa shape index (κ2) is 6.21. The lowest BCUT2D eigenvalue weighted by atomic mass is 9.99. The fourth-order valence-electron chi connectivity index (χ4n) is 1.73. The first kappa shape index (κ1) is 16.4. The highest BCUT2D eigenvalue weighted by Gasteiger charge is 2.41. The first-order chi connectivity index (χ1) is 9.70. The van der Waals surface area contributed by atoms with Gasteiger partial charge in [0.15, 0.2) is 0 Å². The van der Waals surface area contributed by atoms with E-state index in [1.165, 1.54) is 13.0 Å². The molecule has 0 aliphatic carbocycles. The zero-order valence-corrected chi connectivity index (χ0v) is 10.7. The van der Waals surface area contributed by atoms with Crippen molar-refractivity contribution in [2.45, 2.75) is 19.5 Å². The monoisotopic (exact) mass is 302 g/mol. The molecule has 0 spiro atoms. The van der Waals surface area contributed by atoms with Gasteiger partial charge in [-0.05, 0) is 18.6 Å². The topological polar surface area (TPSA) is 93.2 Å². The first-order valence-electron chi connectivity index (χ1n) is 5.65. The molecule has 6 nitrogen and oxygen atoms in total. The van der Waals surface area contributed by atoms with E-state index in [9.17, 15) is 28.1 Å². The van der Waals surface area contributed by atoms with Gasteiger partial charge < -0.3 is 4.74 Å². The molecule has 0 atom stereocenters. The molecule has 112 valence electrons. The Morgan fingerprint density at radius 3 is 2.52 bits per heavy atom. The van der Waals surface area contributed by atoms with Gasteiger partial charge in [-0.15, -0.1) is 0 Å². The molecule has 0 unspecified atom stereocenters. The number of nitro groups is 1. The summed E-state index contributed by atoms with van der Waals surface area (Å²) in [6.45, 7) is 1.43. The number of benzene rings is 1. The van der Waals surface area contributed by atoms with Crippen LogP contribution in [-0.2, 0) is 22.1 Å². The molecule has 0 heterocycles. The van der Waals surface area contributed by atoms with Crippen LogP contribution in [0.15, 0.2) is 12.1 Å². The third kappa shape index (κ3) is 3.92. The van der Waals surface area contributed by atoms with Crippen molar-refractivity contribution in [3.8, 4) is 6.07 Å². The molecule has 0 bridgehead atoms. The highest BCUT2D eigenvalue weighted by atomic mass is 19.4. The maximum Gasteiger partial charge on any atom is 0.423 e. The summed E-state index contributed by atoms with van der Waals surface area (Å²) in [7, 11) is 0. The summed E-state index contributed by atoms with van der Waals surface area (Å²) < 4.78 is 43.5. The van der Waals surface area contributed by atoms with Gasteiger partial charge in [0.05, 0.1) is 29.6 Å². The summed E-state index contributed by atoms with van der Waals surface area (Å²) >= 11 is 0. The minimum absolute atomic E-state index is 0.0414. The fraction of sp³-hybridized carbons (Fsp3) is 0.333. The molecule has 0 radical (unpaired) electrons. The second-order valence-electron chi connectivity index (χ2n) is 3.88. The molecule has 0 aliphatic rings. The maximum absolute atomic E-state index is 13.0. The van der Waals surface area contributed by atoms with Gasteiger partial charge in [-0.2, -0.15) is 18.4 Å². The Balaban J connectivity index is 3.51. The standard InChI is InChI=1S/C12H9F3N2O4/c1-2-21-10(18)5-8-3-7(6-16)4-9(17(19)20)11(8)12(13,14)15/h3-4H,2,5H2,1H3. The Kier molecular flexibility index (Phi) is 4.86. The van der Waals surface area contributed by atoms with Crippen molar-refractivity contribution in [1.82, 2.24) is 0 Å². The van der Waals surface area contributed by atoms with Gasteiger partial charge in [0.25, 0.3) is 5.69 Å². The van der Waals surface area contributed by atoms with Crippen LogP contribution in [0, 0.1) is 21.4 Å². The summed E-state index contributed by atoms with van der Waals surface area (Å²) in [6, 6.07) is 2.85. The van der Waals surface area contributed by atoms with E-state index < -0.39 is 40.3 Å². The van der Waals surface area contributed by atoms with Crippen LogP contribution in [0.2, 0.25) is 0 Å². The van der Waals surface area contributed by atoms with Crippen LogP contribution in [0.1, 0.15) is 23.6 Å². The zero-order chi connectivity index (χ0) is 16.2. The van der Waals surface area contributed by atoms with Crippen LogP contribution < -0.4 is 0 Å². The molecule has 1 aromatic carbocycles. The summed E-state index contributed by atoms with van der Waals surface area (Å²) in [5.74, 6) is -0.965. The fourth-order valence-corrected chi connectivity index (χ4v) is 1.73. The van der Waals surface area contributed by atoms with Crippen LogP contribution in [0.5, 0.6) is 0 Å². The van der Waals surface area contributed by atoms with E-state index in [0.29, 0.717) is 6.07 Å². The number of carbonyl (C=O) groups excluding carboxylic acids is 1. The number of esters is 1. The SMILES string of the molecule is CCOC(=O)Cc1cc(C#N)cc([N+](=O)[O-])c1C(F)(F)F. The molecular formula is C12H9F3N2O4. The van der Waals surface area contributed by atoms with Crippen LogP contribution in [0.3, 0.4) is 0 Å². The molecule has 0 saturated carbocycles. The normalized spacial score (nSPS) is 10.8. The molecule has 1 rings (SSSR count). The molecule has 1 aromatic rings. The number of nitriles is 1. The van der Waals surface area contributed by atoms with Gasteiger partial charge in [-0.3, -0.25) is 14.9 Å². The summed E-state index contributed by atoms with van der Waals surface area (Å²) in [4.78, 5) is 20.9. The number of carbonyl (C=O) groups is 1. The van der Waals surface area contributed by atoms with Gasteiger partial charge in [-0.1, -0.05) is 0 Å². The van der Waals surface area contributed by atoms with Crippen LogP contribution in [0.4, 0.5) is 18.9 Å². The van der Waals surface area contributed by atoms with Crippen molar-refractivity contribution in [1.29, 1.82) is 5.26 Å². The quantitative estimate of drug-likeness (QED) is 0.484. The highest BCUT2D eigenvalue weighted by molar-refractivity contribution is 5.74. The van der Waals surface area contributed by atoms with Crippen molar-refractivity contribution in [2.24, 2.45) is 0 Å². The van der Waals surface area contributed by atoms with Crippen molar-refractivity contribution < 1.29 is 27.6 Å². The van der Waals surface area contributed by atoms with Crippen molar-refractivity contribution >= 4 is 11.7 Å². The van der Waals surface area contributed by atoms with Crippen molar-refractivity contribution in [3.63, 3.8) is 0 Å². The maximum atomic E-state index is 13.0. The minimum Gasteiger partial charge on any atom is -0.466 e. The number of rotatable bonds is 4. The molecule has 0 saturated heterocycles. The number of ether oxygens (including phenoxy) is 1. The summed E-state index contributed by atoms with van der Waals surface area (Å²) in [5.41, 5.74) is -3.80. The Bertz CT molecular complexity index is 620. The van der Waals surface area contributed by atoms with E-state index in [0.717, 1.165) is 6.07 Å². The van der Waals surface area contributed by atoms with Crippen LogP contribution in [0.25, 0.3) is 0 Å². The molecular weight excluding hydrogens is 293 g/mol. The summed E-state index contributed by atoms with van der Waals surface area (Å²) in [6.07, 6.45) is -5.84. The molecule has 0 aliphatic heterocycles. The average Bonchev–Trinajstić information content (AvgIpc) is 2.36. The Morgan fingerprint density at radius 1 is 1.48 bits per heavy atom. The van der Waals surface area contributed by atoms with Gasteiger partial charge in [0.1, 0.15) is 5.56 Å². The van der Waals surface area contributed by atoms with E-state index >= 15 is 0 Å². The average molecular weight is 302 g/mol. The molecule has 0 fully saturated rings. The lowest BCUT2D eigenvalue weighted by molar-refractivity contribution is -0.388. The third-order valence-corrected chi connectivity index (χ3v) is 2.45. The van der Waals surface area contributed by atoms with Gasteiger partial charge in [0.2, 0.25) is 0 Å². The lowest BCUT2D eigenvalue weighted by Crippen LogP contribution is -2.17. The van der Waals surface area contributed by atoms with E-state index in [1.54, 1.807) is 0 Å². The number of nitro benzene ring substituents is 1. The van der Waals surface area contributed by atoms with Crippen LogP contribution in [-0.4, -0.2) is 17.5 Å². The van der Waals surface area contributed by atoms with Gasteiger partial charge >= 0.3 is 12.1 Å².